The van der Waals surface area contributed by atoms with Crippen LogP contribution < -0.4 is 10.3 Å². The zero-order chi connectivity index (χ0) is 21.1. The molecular weight excluding hydrogens is 380 g/mol. The highest BCUT2D eigenvalue weighted by Gasteiger charge is 2.14. The molecule has 0 saturated carbocycles. The maximum atomic E-state index is 12.3. The van der Waals surface area contributed by atoms with Gasteiger partial charge in [0.15, 0.2) is 11.9 Å². The highest BCUT2D eigenvalue weighted by Crippen LogP contribution is 2.22. The van der Waals surface area contributed by atoms with Gasteiger partial charge in [0.25, 0.3) is 5.56 Å². The standard InChI is InChI=1S/C24H20N2O4/c1-15(23-25-21-6-4-3-5-20(21)24(28)26-23)30-22(27)12-8-16-7-9-18-14-19(29-2)11-10-17(18)13-16/h3-15H,1-2H3,(H,25,26,28)/b12-8+/t15-/m0/s1. The summed E-state index contributed by atoms with van der Waals surface area (Å²) in [5.41, 5.74) is 1.17. The molecule has 0 saturated heterocycles. The highest BCUT2D eigenvalue weighted by atomic mass is 16.5. The van der Waals surface area contributed by atoms with Crippen LogP contribution in [0.5, 0.6) is 5.75 Å². The lowest BCUT2D eigenvalue weighted by Gasteiger charge is -2.11. The van der Waals surface area contributed by atoms with Crippen molar-refractivity contribution in [3.8, 4) is 5.75 Å². The number of carbonyl (C=O) groups excluding carboxylic acids is 1. The maximum Gasteiger partial charge on any atom is 0.331 e. The lowest BCUT2D eigenvalue weighted by Crippen LogP contribution is -2.16. The first-order valence-electron chi connectivity index (χ1n) is 9.49. The van der Waals surface area contributed by atoms with E-state index in [-0.39, 0.29) is 5.56 Å². The molecule has 30 heavy (non-hydrogen) atoms. The average Bonchev–Trinajstić information content (AvgIpc) is 2.77. The van der Waals surface area contributed by atoms with Crippen LogP contribution in [-0.4, -0.2) is 23.0 Å². The Morgan fingerprint density at radius 1 is 1.07 bits per heavy atom. The van der Waals surface area contributed by atoms with Crippen molar-refractivity contribution in [2.75, 3.05) is 7.11 Å². The van der Waals surface area contributed by atoms with Gasteiger partial charge >= 0.3 is 5.97 Å². The number of methoxy groups -OCH3 is 1. The zero-order valence-electron chi connectivity index (χ0n) is 16.6. The van der Waals surface area contributed by atoms with E-state index in [1.807, 2.05) is 36.4 Å². The van der Waals surface area contributed by atoms with Crippen LogP contribution in [0.2, 0.25) is 0 Å². The number of ether oxygens (including phenoxy) is 2. The minimum Gasteiger partial charge on any atom is -0.497 e. The summed E-state index contributed by atoms with van der Waals surface area (Å²) in [5.74, 6) is 0.580. The number of esters is 1. The van der Waals surface area contributed by atoms with Crippen molar-refractivity contribution >= 4 is 33.7 Å². The van der Waals surface area contributed by atoms with Crippen LogP contribution in [0.15, 0.2) is 71.5 Å². The number of aromatic amines is 1. The van der Waals surface area contributed by atoms with Crippen molar-refractivity contribution in [3.63, 3.8) is 0 Å². The van der Waals surface area contributed by atoms with Crippen LogP contribution in [0.25, 0.3) is 27.8 Å². The minimum absolute atomic E-state index is 0.262. The molecule has 0 fully saturated rings. The number of nitrogens with one attached hydrogen (secondary N) is 1. The molecule has 0 bridgehead atoms. The SMILES string of the molecule is COc1ccc2cc(/C=C/C(=O)O[C@@H](C)c3nc4ccccc4c(=O)[nH]3)ccc2c1. The number of aromatic nitrogens is 2. The molecule has 4 rings (SSSR count). The third kappa shape index (κ3) is 4.07. The van der Waals surface area contributed by atoms with Crippen LogP contribution in [0.1, 0.15) is 24.4 Å². The molecule has 1 N–H and O–H groups in total. The maximum absolute atomic E-state index is 12.3. The van der Waals surface area contributed by atoms with Gasteiger partial charge in [0.05, 0.1) is 18.0 Å². The molecule has 0 aliphatic heterocycles. The van der Waals surface area contributed by atoms with Crippen molar-refractivity contribution in [2.45, 2.75) is 13.0 Å². The molecule has 0 spiro atoms. The Bertz CT molecular complexity index is 1320. The van der Waals surface area contributed by atoms with E-state index < -0.39 is 12.1 Å². The van der Waals surface area contributed by atoms with Gasteiger partial charge in [-0.1, -0.05) is 30.3 Å². The quantitative estimate of drug-likeness (QED) is 0.397. The summed E-state index contributed by atoms with van der Waals surface area (Å²) >= 11 is 0. The van der Waals surface area contributed by atoms with E-state index in [0.29, 0.717) is 16.7 Å². The zero-order valence-corrected chi connectivity index (χ0v) is 16.6. The number of benzene rings is 3. The Kier molecular flexibility index (Phi) is 5.30. The van der Waals surface area contributed by atoms with Gasteiger partial charge in [-0.3, -0.25) is 4.79 Å². The van der Waals surface area contributed by atoms with Gasteiger partial charge in [-0.05, 0) is 59.7 Å². The molecule has 1 heterocycles. The number of H-pyrrole nitrogens is 1. The second-order valence-corrected chi connectivity index (χ2v) is 6.85. The molecule has 0 amide bonds. The summed E-state index contributed by atoms with van der Waals surface area (Å²) < 4.78 is 10.6. The van der Waals surface area contributed by atoms with Crippen molar-refractivity contribution in [1.82, 2.24) is 9.97 Å². The molecule has 150 valence electrons. The third-order valence-electron chi connectivity index (χ3n) is 4.79. The molecule has 6 nitrogen and oxygen atoms in total. The van der Waals surface area contributed by atoms with Gasteiger partial charge < -0.3 is 14.5 Å². The van der Waals surface area contributed by atoms with Gasteiger partial charge in [0, 0.05) is 6.08 Å². The molecule has 3 aromatic carbocycles. The summed E-state index contributed by atoms with van der Waals surface area (Å²) in [5, 5.41) is 2.58. The number of carbonyl (C=O) groups is 1. The summed E-state index contributed by atoms with van der Waals surface area (Å²) in [6.07, 6.45) is 2.36. The highest BCUT2D eigenvalue weighted by molar-refractivity contribution is 5.90. The molecule has 6 heteroatoms. The second-order valence-electron chi connectivity index (χ2n) is 6.85. The van der Waals surface area contributed by atoms with E-state index in [9.17, 15) is 9.59 Å². The second kappa shape index (κ2) is 8.21. The minimum atomic E-state index is -0.691. The van der Waals surface area contributed by atoms with Crippen molar-refractivity contribution in [2.24, 2.45) is 0 Å². The monoisotopic (exact) mass is 400 g/mol. The predicted molar refractivity (Wildman–Crippen MR) is 116 cm³/mol. The fourth-order valence-electron chi connectivity index (χ4n) is 3.20. The largest absolute Gasteiger partial charge is 0.497 e. The lowest BCUT2D eigenvalue weighted by molar-refractivity contribution is -0.142. The van der Waals surface area contributed by atoms with Gasteiger partial charge in [-0.2, -0.15) is 0 Å². The fraction of sp³-hybridized carbons (Fsp3) is 0.125. The summed E-state index contributed by atoms with van der Waals surface area (Å²) in [4.78, 5) is 31.5. The van der Waals surface area contributed by atoms with E-state index >= 15 is 0 Å². The van der Waals surface area contributed by atoms with E-state index in [1.165, 1.54) is 6.08 Å². The molecule has 1 aromatic heterocycles. The number of para-hydroxylation sites is 1. The summed E-state index contributed by atoms with van der Waals surface area (Å²) in [6.45, 7) is 1.67. The lowest BCUT2D eigenvalue weighted by atomic mass is 10.1. The molecule has 0 aliphatic carbocycles. The first-order chi connectivity index (χ1) is 14.5. The fourth-order valence-corrected chi connectivity index (χ4v) is 3.20. The Morgan fingerprint density at radius 3 is 2.67 bits per heavy atom. The van der Waals surface area contributed by atoms with Crippen molar-refractivity contribution < 1.29 is 14.3 Å². The Morgan fingerprint density at radius 2 is 1.83 bits per heavy atom. The molecule has 0 radical (unpaired) electrons. The van der Waals surface area contributed by atoms with Crippen molar-refractivity contribution in [3.05, 3.63) is 88.5 Å². The van der Waals surface area contributed by atoms with Crippen LogP contribution in [0.4, 0.5) is 0 Å². The van der Waals surface area contributed by atoms with Gasteiger partial charge in [0.1, 0.15) is 5.75 Å². The number of hydrogen-bond donors (Lipinski definition) is 1. The Balaban J connectivity index is 1.48. The molecule has 0 unspecified atom stereocenters. The van der Waals surface area contributed by atoms with Crippen LogP contribution >= 0.6 is 0 Å². The Labute approximate surface area is 172 Å². The summed E-state index contributed by atoms with van der Waals surface area (Å²) in [6, 6.07) is 18.7. The number of fused-ring (bicyclic) bond motifs is 2. The average molecular weight is 400 g/mol. The van der Waals surface area contributed by atoms with Crippen molar-refractivity contribution in [1.29, 1.82) is 0 Å². The van der Waals surface area contributed by atoms with E-state index in [2.05, 4.69) is 9.97 Å². The first kappa shape index (κ1) is 19.4. The van der Waals surface area contributed by atoms with Crippen LogP contribution in [0, 0.1) is 0 Å². The molecule has 4 aromatic rings. The van der Waals surface area contributed by atoms with Gasteiger partial charge in [-0.15, -0.1) is 0 Å². The van der Waals surface area contributed by atoms with Crippen LogP contribution in [-0.2, 0) is 9.53 Å². The van der Waals surface area contributed by atoms with E-state index in [4.69, 9.17) is 9.47 Å². The number of rotatable bonds is 5. The number of nitrogens with zero attached hydrogens (tertiary/aromatic N) is 1. The Hall–Kier alpha value is -3.93. The van der Waals surface area contributed by atoms with Gasteiger partial charge in [0.2, 0.25) is 0 Å². The first-order valence-corrected chi connectivity index (χ1v) is 9.49. The topological polar surface area (TPSA) is 81.3 Å². The molecule has 0 aliphatic rings. The van der Waals surface area contributed by atoms with Gasteiger partial charge in [-0.25, -0.2) is 9.78 Å². The summed E-state index contributed by atoms with van der Waals surface area (Å²) in [7, 11) is 1.63. The van der Waals surface area contributed by atoms with E-state index in [1.54, 1.807) is 44.4 Å². The number of hydrogen-bond acceptors (Lipinski definition) is 5. The van der Waals surface area contributed by atoms with E-state index in [0.717, 1.165) is 22.1 Å². The molecule has 1 atom stereocenters. The third-order valence-corrected chi connectivity index (χ3v) is 4.79. The predicted octanol–water partition coefficient (Wildman–Crippen LogP) is 4.40. The molecular formula is C24H20N2O4. The normalized spacial score (nSPS) is 12.3. The van der Waals surface area contributed by atoms with Crippen LogP contribution in [0.3, 0.4) is 0 Å². The smallest absolute Gasteiger partial charge is 0.331 e.